The van der Waals surface area contributed by atoms with Gasteiger partial charge in [0.05, 0.1) is 18.9 Å². The second-order valence-electron chi connectivity index (χ2n) is 5.59. The van der Waals surface area contributed by atoms with Gasteiger partial charge in [0.15, 0.2) is 0 Å². The quantitative estimate of drug-likeness (QED) is 0.836. The summed E-state index contributed by atoms with van der Waals surface area (Å²) >= 11 is 3.44. The van der Waals surface area contributed by atoms with Gasteiger partial charge in [0, 0.05) is 42.6 Å². The zero-order valence-corrected chi connectivity index (χ0v) is 14.4. The Morgan fingerprint density at radius 1 is 1.39 bits per heavy atom. The SMILES string of the molecule is O=C(NCCN1CCOCC1)[C@H]1CC(c2cccc(Br)c2)=NO1. The van der Waals surface area contributed by atoms with Crippen molar-refractivity contribution in [3.63, 3.8) is 0 Å². The molecule has 3 rings (SSSR count). The highest BCUT2D eigenvalue weighted by atomic mass is 79.9. The van der Waals surface area contributed by atoms with E-state index in [-0.39, 0.29) is 5.91 Å². The molecule has 0 bridgehead atoms. The minimum atomic E-state index is -0.534. The second-order valence-corrected chi connectivity index (χ2v) is 6.51. The smallest absolute Gasteiger partial charge is 0.264 e. The van der Waals surface area contributed by atoms with Gasteiger partial charge in [-0.25, -0.2) is 0 Å². The number of halogens is 1. The molecular weight excluding hydrogens is 362 g/mol. The minimum absolute atomic E-state index is 0.105. The number of hydrogen-bond donors (Lipinski definition) is 1. The molecule has 1 amide bonds. The Kier molecular flexibility index (Phi) is 5.64. The summed E-state index contributed by atoms with van der Waals surface area (Å²) in [6, 6.07) is 7.83. The summed E-state index contributed by atoms with van der Waals surface area (Å²) in [4.78, 5) is 19.7. The number of morpholine rings is 1. The van der Waals surface area contributed by atoms with E-state index in [2.05, 4.69) is 31.3 Å². The molecule has 0 aromatic heterocycles. The van der Waals surface area contributed by atoms with E-state index in [0.29, 0.717) is 13.0 Å². The first kappa shape index (κ1) is 16.4. The third-order valence-electron chi connectivity index (χ3n) is 3.95. The van der Waals surface area contributed by atoms with Crippen molar-refractivity contribution in [2.24, 2.45) is 5.16 Å². The van der Waals surface area contributed by atoms with Crippen molar-refractivity contribution >= 4 is 27.5 Å². The van der Waals surface area contributed by atoms with Crippen LogP contribution in [0.1, 0.15) is 12.0 Å². The Hall–Kier alpha value is -1.44. The molecule has 2 heterocycles. The molecule has 1 fully saturated rings. The molecule has 2 aliphatic rings. The maximum absolute atomic E-state index is 12.2. The van der Waals surface area contributed by atoms with Crippen LogP contribution in [-0.4, -0.2) is 62.0 Å². The summed E-state index contributed by atoms with van der Waals surface area (Å²) in [5.74, 6) is -0.105. The van der Waals surface area contributed by atoms with E-state index in [1.54, 1.807) is 0 Å². The number of carbonyl (C=O) groups is 1. The fourth-order valence-corrected chi connectivity index (χ4v) is 3.03. The molecule has 0 unspecified atom stereocenters. The van der Waals surface area contributed by atoms with Gasteiger partial charge in [-0.1, -0.05) is 33.2 Å². The number of hydrogen-bond acceptors (Lipinski definition) is 5. The molecule has 1 saturated heterocycles. The molecule has 0 saturated carbocycles. The zero-order valence-electron chi connectivity index (χ0n) is 12.8. The number of rotatable bonds is 5. The molecule has 0 aliphatic carbocycles. The van der Waals surface area contributed by atoms with E-state index >= 15 is 0 Å². The van der Waals surface area contributed by atoms with E-state index in [0.717, 1.165) is 48.6 Å². The molecule has 0 spiro atoms. The number of benzene rings is 1. The summed E-state index contributed by atoms with van der Waals surface area (Å²) < 4.78 is 6.29. The molecule has 1 N–H and O–H groups in total. The first-order chi connectivity index (χ1) is 11.2. The zero-order chi connectivity index (χ0) is 16.1. The Balaban J connectivity index is 1.43. The first-order valence-electron chi connectivity index (χ1n) is 7.79. The van der Waals surface area contributed by atoms with E-state index in [1.165, 1.54) is 0 Å². The first-order valence-corrected chi connectivity index (χ1v) is 8.58. The highest BCUT2D eigenvalue weighted by molar-refractivity contribution is 9.10. The summed E-state index contributed by atoms with van der Waals surface area (Å²) in [6.45, 7) is 4.83. The lowest BCUT2D eigenvalue weighted by Gasteiger charge is -2.26. The second kappa shape index (κ2) is 7.90. The Morgan fingerprint density at radius 3 is 3.00 bits per heavy atom. The van der Waals surface area contributed by atoms with Gasteiger partial charge < -0.3 is 14.9 Å². The van der Waals surface area contributed by atoms with E-state index in [1.807, 2.05) is 24.3 Å². The largest absolute Gasteiger partial charge is 0.382 e. The average molecular weight is 382 g/mol. The van der Waals surface area contributed by atoms with Crippen molar-refractivity contribution in [3.05, 3.63) is 34.3 Å². The van der Waals surface area contributed by atoms with Crippen LogP contribution < -0.4 is 5.32 Å². The molecule has 124 valence electrons. The van der Waals surface area contributed by atoms with Crippen molar-refractivity contribution in [1.82, 2.24) is 10.2 Å². The third-order valence-corrected chi connectivity index (χ3v) is 4.44. The van der Waals surface area contributed by atoms with Gasteiger partial charge in [-0.15, -0.1) is 0 Å². The topological polar surface area (TPSA) is 63.2 Å². The standard InChI is InChI=1S/C16H20BrN3O3/c17-13-3-1-2-12(10-13)14-11-15(23-19-14)16(21)18-4-5-20-6-8-22-9-7-20/h1-3,10,15H,4-9,11H2,(H,18,21)/t15-/m1/s1. The Bertz CT molecular complexity index is 588. The van der Waals surface area contributed by atoms with Crippen molar-refractivity contribution in [1.29, 1.82) is 0 Å². The Labute approximate surface area is 143 Å². The molecule has 7 heteroatoms. The lowest BCUT2D eigenvalue weighted by Crippen LogP contribution is -2.43. The molecule has 0 radical (unpaired) electrons. The van der Waals surface area contributed by atoms with Gasteiger partial charge in [-0.2, -0.15) is 0 Å². The number of ether oxygens (including phenoxy) is 1. The van der Waals surface area contributed by atoms with Crippen LogP contribution in [0.15, 0.2) is 33.9 Å². The lowest BCUT2D eigenvalue weighted by atomic mass is 10.0. The van der Waals surface area contributed by atoms with E-state index in [4.69, 9.17) is 9.57 Å². The summed E-state index contributed by atoms with van der Waals surface area (Å²) in [7, 11) is 0. The van der Waals surface area contributed by atoms with Crippen LogP contribution in [0.4, 0.5) is 0 Å². The van der Waals surface area contributed by atoms with Gasteiger partial charge >= 0.3 is 0 Å². The van der Waals surface area contributed by atoms with E-state index < -0.39 is 6.10 Å². The molecule has 2 aliphatic heterocycles. The predicted molar refractivity (Wildman–Crippen MR) is 90.4 cm³/mol. The van der Waals surface area contributed by atoms with Gasteiger partial charge in [0.1, 0.15) is 0 Å². The van der Waals surface area contributed by atoms with Crippen molar-refractivity contribution in [2.75, 3.05) is 39.4 Å². The Morgan fingerprint density at radius 2 is 2.22 bits per heavy atom. The van der Waals surface area contributed by atoms with Gasteiger partial charge in [-0.3, -0.25) is 9.69 Å². The highest BCUT2D eigenvalue weighted by Gasteiger charge is 2.28. The fourth-order valence-electron chi connectivity index (χ4n) is 2.63. The third kappa shape index (κ3) is 4.53. The molecule has 1 atom stereocenters. The highest BCUT2D eigenvalue weighted by Crippen LogP contribution is 2.19. The number of oxime groups is 1. The van der Waals surface area contributed by atoms with Crippen LogP contribution in [0, 0.1) is 0 Å². The summed E-state index contributed by atoms with van der Waals surface area (Å²) in [5, 5.41) is 6.98. The van der Waals surface area contributed by atoms with Crippen molar-refractivity contribution in [3.8, 4) is 0 Å². The minimum Gasteiger partial charge on any atom is -0.382 e. The van der Waals surface area contributed by atoms with Gasteiger partial charge in [0.25, 0.3) is 5.91 Å². The normalized spacial score (nSPS) is 21.6. The lowest BCUT2D eigenvalue weighted by molar-refractivity contribution is -0.131. The van der Waals surface area contributed by atoms with Crippen LogP contribution >= 0.6 is 15.9 Å². The van der Waals surface area contributed by atoms with Gasteiger partial charge in [-0.05, 0) is 12.1 Å². The summed E-state index contributed by atoms with van der Waals surface area (Å²) in [5.41, 5.74) is 1.78. The van der Waals surface area contributed by atoms with E-state index in [9.17, 15) is 4.79 Å². The van der Waals surface area contributed by atoms with Crippen LogP contribution in [0.2, 0.25) is 0 Å². The number of nitrogens with zero attached hydrogens (tertiary/aromatic N) is 2. The molecular formula is C16H20BrN3O3. The predicted octanol–water partition coefficient (Wildman–Crippen LogP) is 1.39. The number of carbonyl (C=O) groups excluding carboxylic acids is 1. The number of nitrogens with one attached hydrogen (secondary N) is 1. The fraction of sp³-hybridized carbons (Fsp3) is 0.500. The summed E-state index contributed by atoms with van der Waals surface area (Å²) in [6.07, 6.45) is -0.0338. The van der Waals surface area contributed by atoms with Crippen LogP contribution in [-0.2, 0) is 14.4 Å². The van der Waals surface area contributed by atoms with Crippen LogP contribution in [0.3, 0.4) is 0 Å². The maximum atomic E-state index is 12.2. The molecule has 1 aromatic rings. The van der Waals surface area contributed by atoms with Crippen LogP contribution in [0.25, 0.3) is 0 Å². The molecule has 23 heavy (non-hydrogen) atoms. The number of amides is 1. The van der Waals surface area contributed by atoms with Crippen LogP contribution in [0.5, 0.6) is 0 Å². The molecule has 6 nitrogen and oxygen atoms in total. The van der Waals surface area contributed by atoms with Gasteiger partial charge in [0.2, 0.25) is 6.10 Å². The molecule has 1 aromatic carbocycles. The average Bonchev–Trinajstić information content (AvgIpc) is 3.06. The monoisotopic (exact) mass is 381 g/mol. The maximum Gasteiger partial charge on any atom is 0.264 e. The van der Waals surface area contributed by atoms with Crippen molar-refractivity contribution < 1.29 is 14.4 Å². The van der Waals surface area contributed by atoms with Crippen molar-refractivity contribution in [2.45, 2.75) is 12.5 Å².